The summed E-state index contributed by atoms with van der Waals surface area (Å²) in [5, 5.41) is 6.00. The SMILES string of the molecule is COC(=O)c1ccc(Nc2ccc(F)cn2)nc1Nc1cccc(C2(F)CC2)c1OC. The van der Waals surface area contributed by atoms with Gasteiger partial charge in [-0.3, -0.25) is 0 Å². The second-order valence-corrected chi connectivity index (χ2v) is 7.05. The molecule has 1 aromatic carbocycles. The summed E-state index contributed by atoms with van der Waals surface area (Å²) in [6.07, 6.45) is 1.94. The van der Waals surface area contributed by atoms with Crippen LogP contribution in [0.25, 0.3) is 0 Å². The van der Waals surface area contributed by atoms with Crippen LogP contribution < -0.4 is 15.4 Å². The molecule has 0 unspecified atom stereocenters. The monoisotopic (exact) mass is 426 g/mol. The predicted octanol–water partition coefficient (Wildman–Crippen LogP) is 4.86. The zero-order valence-electron chi connectivity index (χ0n) is 16.9. The third kappa shape index (κ3) is 4.25. The average molecular weight is 426 g/mol. The number of pyridine rings is 2. The number of rotatable bonds is 7. The molecule has 0 spiro atoms. The second-order valence-electron chi connectivity index (χ2n) is 7.05. The van der Waals surface area contributed by atoms with Crippen LogP contribution in [0, 0.1) is 5.82 Å². The summed E-state index contributed by atoms with van der Waals surface area (Å²) < 4.78 is 38.2. The van der Waals surface area contributed by atoms with Gasteiger partial charge in [0.05, 0.1) is 26.1 Å². The van der Waals surface area contributed by atoms with Crippen LogP contribution in [0.3, 0.4) is 0 Å². The molecule has 1 aliphatic carbocycles. The number of nitrogens with one attached hydrogen (secondary N) is 2. The number of ether oxygens (including phenoxy) is 2. The quantitative estimate of drug-likeness (QED) is 0.522. The molecule has 0 amide bonds. The van der Waals surface area contributed by atoms with E-state index in [4.69, 9.17) is 9.47 Å². The molecule has 2 aromatic heterocycles. The molecule has 4 rings (SSSR count). The van der Waals surface area contributed by atoms with E-state index in [1.807, 2.05) is 0 Å². The molecule has 0 atom stereocenters. The highest BCUT2D eigenvalue weighted by atomic mass is 19.1. The lowest BCUT2D eigenvalue weighted by molar-refractivity contribution is 0.0601. The van der Waals surface area contributed by atoms with E-state index in [2.05, 4.69) is 20.6 Å². The van der Waals surface area contributed by atoms with Gasteiger partial charge < -0.3 is 20.1 Å². The van der Waals surface area contributed by atoms with E-state index in [1.54, 1.807) is 24.3 Å². The van der Waals surface area contributed by atoms with Crippen LogP contribution in [0.15, 0.2) is 48.7 Å². The molecular formula is C22H20F2N4O3. The van der Waals surface area contributed by atoms with Gasteiger partial charge in [-0.25, -0.2) is 23.5 Å². The lowest BCUT2D eigenvalue weighted by atomic mass is 10.1. The number of hydrogen-bond donors (Lipinski definition) is 2. The van der Waals surface area contributed by atoms with Gasteiger partial charge in [0.15, 0.2) is 0 Å². The molecule has 9 heteroatoms. The van der Waals surface area contributed by atoms with Gasteiger partial charge in [0.1, 0.15) is 40.3 Å². The van der Waals surface area contributed by atoms with E-state index in [1.165, 1.54) is 32.4 Å². The lowest BCUT2D eigenvalue weighted by Crippen LogP contribution is -2.10. The first kappa shape index (κ1) is 20.5. The number of esters is 1. The minimum absolute atomic E-state index is 0.175. The fourth-order valence-electron chi connectivity index (χ4n) is 3.19. The molecule has 160 valence electrons. The van der Waals surface area contributed by atoms with Gasteiger partial charge in [0, 0.05) is 5.56 Å². The van der Waals surface area contributed by atoms with Gasteiger partial charge in [-0.05, 0) is 43.2 Å². The number of aromatic nitrogens is 2. The summed E-state index contributed by atoms with van der Waals surface area (Å²) in [6.45, 7) is 0. The Morgan fingerprint density at radius 1 is 1.06 bits per heavy atom. The maximum absolute atomic E-state index is 14.8. The highest BCUT2D eigenvalue weighted by Crippen LogP contribution is 2.54. The average Bonchev–Trinajstić information content (AvgIpc) is 3.53. The summed E-state index contributed by atoms with van der Waals surface area (Å²) in [6, 6.07) is 10.9. The summed E-state index contributed by atoms with van der Waals surface area (Å²) >= 11 is 0. The Kier molecular flexibility index (Phi) is 5.41. The van der Waals surface area contributed by atoms with Gasteiger partial charge in [0.25, 0.3) is 0 Å². The number of benzene rings is 1. The Morgan fingerprint density at radius 2 is 1.84 bits per heavy atom. The number of para-hydroxylation sites is 1. The van der Waals surface area contributed by atoms with E-state index in [0.717, 1.165) is 6.20 Å². The van der Waals surface area contributed by atoms with Gasteiger partial charge in [0.2, 0.25) is 0 Å². The fourth-order valence-corrected chi connectivity index (χ4v) is 3.19. The number of carbonyl (C=O) groups is 1. The first-order valence-corrected chi connectivity index (χ1v) is 9.55. The number of hydrogen-bond acceptors (Lipinski definition) is 7. The molecule has 3 aromatic rings. The van der Waals surface area contributed by atoms with Crippen molar-refractivity contribution in [3.05, 3.63) is 65.6 Å². The molecule has 2 N–H and O–H groups in total. The minimum atomic E-state index is -1.40. The van der Waals surface area contributed by atoms with Crippen molar-refractivity contribution in [1.82, 2.24) is 9.97 Å². The molecule has 0 saturated heterocycles. The number of methoxy groups -OCH3 is 2. The van der Waals surface area contributed by atoms with Crippen molar-refractivity contribution in [3.63, 3.8) is 0 Å². The maximum atomic E-state index is 14.8. The summed E-state index contributed by atoms with van der Waals surface area (Å²) in [5.74, 6) is 0.194. The molecule has 7 nitrogen and oxygen atoms in total. The summed E-state index contributed by atoms with van der Waals surface area (Å²) in [5.41, 5.74) is -0.323. The highest BCUT2D eigenvalue weighted by Gasteiger charge is 2.47. The van der Waals surface area contributed by atoms with Crippen LogP contribution in [-0.2, 0) is 10.4 Å². The van der Waals surface area contributed by atoms with Crippen LogP contribution in [0.1, 0.15) is 28.8 Å². The predicted molar refractivity (Wildman–Crippen MR) is 111 cm³/mol. The lowest BCUT2D eigenvalue weighted by Gasteiger charge is -2.18. The van der Waals surface area contributed by atoms with Crippen LogP contribution in [0.5, 0.6) is 5.75 Å². The van der Waals surface area contributed by atoms with Crippen molar-refractivity contribution in [2.75, 3.05) is 24.9 Å². The Morgan fingerprint density at radius 3 is 2.48 bits per heavy atom. The Balaban J connectivity index is 1.70. The molecule has 1 aliphatic rings. The molecular weight excluding hydrogens is 406 g/mol. The number of nitrogens with zero attached hydrogens (tertiary/aromatic N) is 2. The Labute approximate surface area is 177 Å². The number of anilines is 4. The van der Waals surface area contributed by atoms with Crippen LogP contribution in [0.2, 0.25) is 0 Å². The number of carbonyl (C=O) groups excluding carboxylic acids is 1. The molecule has 1 fully saturated rings. The van der Waals surface area contributed by atoms with Gasteiger partial charge in [-0.15, -0.1) is 0 Å². The largest absolute Gasteiger partial charge is 0.494 e. The Hall–Kier alpha value is -3.75. The minimum Gasteiger partial charge on any atom is -0.494 e. The standard InChI is InChI=1S/C22H20F2N4O3/c1-30-19-15(22(24)10-11-22)4-3-5-16(19)26-20-14(21(29)31-2)7-9-18(28-20)27-17-8-6-13(23)12-25-17/h3-9,12H,10-11H2,1-2H3,(H2,25,26,27,28). The summed E-state index contributed by atoms with van der Waals surface area (Å²) in [4.78, 5) is 20.6. The third-order valence-corrected chi connectivity index (χ3v) is 4.93. The first-order chi connectivity index (χ1) is 14.9. The number of alkyl halides is 1. The summed E-state index contributed by atoms with van der Waals surface area (Å²) in [7, 11) is 2.73. The van der Waals surface area contributed by atoms with E-state index in [-0.39, 0.29) is 11.4 Å². The molecule has 1 saturated carbocycles. The van der Waals surface area contributed by atoms with E-state index < -0.39 is 17.5 Å². The van der Waals surface area contributed by atoms with E-state index >= 15 is 0 Å². The zero-order valence-corrected chi connectivity index (χ0v) is 16.9. The Bertz CT molecular complexity index is 1120. The van der Waals surface area contributed by atoms with Gasteiger partial charge in [-0.2, -0.15) is 0 Å². The number of halogens is 2. The normalized spacial score (nSPS) is 13.9. The molecule has 0 bridgehead atoms. The fraction of sp³-hybridized carbons (Fsp3) is 0.227. The molecule has 0 radical (unpaired) electrons. The van der Waals surface area contributed by atoms with Crippen molar-refractivity contribution in [1.29, 1.82) is 0 Å². The molecule has 31 heavy (non-hydrogen) atoms. The van der Waals surface area contributed by atoms with E-state index in [0.29, 0.717) is 41.5 Å². The van der Waals surface area contributed by atoms with Gasteiger partial charge >= 0.3 is 5.97 Å². The first-order valence-electron chi connectivity index (χ1n) is 9.55. The highest BCUT2D eigenvalue weighted by molar-refractivity contribution is 5.96. The maximum Gasteiger partial charge on any atom is 0.341 e. The van der Waals surface area contributed by atoms with Gasteiger partial charge in [-0.1, -0.05) is 12.1 Å². The van der Waals surface area contributed by atoms with Crippen LogP contribution in [0.4, 0.5) is 31.9 Å². The van der Waals surface area contributed by atoms with Crippen molar-refractivity contribution in [3.8, 4) is 5.75 Å². The van der Waals surface area contributed by atoms with E-state index in [9.17, 15) is 13.6 Å². The van der Waals surface area contributed by atoms with Crippen LogP contribution >= 0.6 is 0 Å². The van der Waals surface area contributed by atoms with Crippen molar-refractivity contribution in [2.24, 2.45) is 0 Å². The smallest absolute Gasteiger partial charge is 0.341 e. The van der Waals surface area contributed by atoms with Crippen molar-refractivity contribution < 1.29 is 23.0 Å². The second kappa shape index (κ2) is 8.17. The topological polar surface area (TPSA) is 85.4 Å². The third-order valence-electron chi connectivity index (χ3n) is 4.93. The van der Waals surface area contributed by atoms with Crippen molar-refractivity contribution in [2.45, 2.75) is 18.5 Å². The molecule has 0 aliphatic heterocycles. The molecule has 2 heterocycles. The van der Waals surface area contributed by atoms with Crippen LogP contribution in [-0.4, -0.2) is 30.2 Å². The van der Waals surface area contributed by atoms with Crippen molar-refractivity contribution >= 4 is 29.1 Å². The zero-order chi connectivity index (χ0) is 22.0.